The van der Waals surface area contributed by atoms with E-state index in [0.717, 1.165) is 23.9 Å². The SMILES string of the molecule is NCC1CC(OCc2ccc(Br)cc2F)C1. The molecule has 1 aromatic carbocycles. The van der Waals surface area contributed by atoms with Gasteiger partial charge in [-0.1, -0.05) is 22.0 Å². The van der Waals surface area contributed by atoms with Crippen LogP contribution in [0.2, 0.25) is 0 Å². The minimum atomic E-state index is -0.218. The van der Waals surface area contributed by atoms with Gasteiger partial charge in [0.1, 0.15) is 5.82 Å². The fourth-order valence-electron chi connectivity index (χ4n) is 1.85. The van der Waals surface area contributed by atoms with Gasteiger partial charge in [-0.05, 0) is 37.4 Å². The number of rotatable bonds is 4. The van der Waals surface area contributed by atoms with Gasteiger partial charge in [-0.15, -0.1) is 0 Å². The van der Waals surface area contributed by atoms with E-state index in [4.69, 9.17) is 10.5 Å². The first-order valence-corrected chi connectivity index (χ1v) is 6.24. The van der Waals surface area contributed by atoms with Crippen molar-refractivity contribution in [2.75, 3.05) is 6.54 Å². The second-order valence-corrected chi connectivity index (χ2v) is 5.16. The van der Waals surface area contributed by atoms with E-state index in [9.17, 15) is 4.39 Å². The minimum Gasteiger partial charge on any atom is -0.373 e. The molecule has 2 rings (SSSR count). The lowest BCUT2D eigenvalue weighted by atomic mass is 9.82. The van der Waals surface area contributed by atoms with Gasteiger partial charge in [-0.25, -0.2) is 4.39 Å². The largest absolute Gasteiger partial charge is 0.373 e. The summed E-state index contributed by atoms with van der Waals surface area (Å²) >= 11 is 3.22. The summed E-state index contributed by atoms with van der Waals surface area (Å²) < 4.78 is 19.8. The fourth-order valence-corrected chi connectivity index (χ4v) is 2.18. The van der Waals surface area contributed by atoms with Crippen LogP contribution in [0.1, 0.15) is 18.4 Å². The third kappa shape index (κ3) is 2.81. The average molecular weight is 288 g/mol. The molecule has 0 radical (unpaired) electrons. The Labute approximate surface area is 103 Å². The Morgan fingerprint density at radius 2 is 2.19 bits per heavy atom. The highest BCUT2D eigenvalue weighted by atomic mass is 79.9. The summed E-state index contributed by atoms with van der Waals surface area (Å²) in [6, 6.07) is 5.03. The van der Waals surface area contributed by atoms with Crippen molar-refractivity contribution in [3.05, 3.63) is 34.1 Å². The van der Waals surface area contributed by atoms with E-state index in [1.807, 2.05) is 6.07 Å². The zero-order valence-corrected chi connectivity index (χ0v) is 10.5. The van der Waals surface area contributed by atoms with Gasteiger partial charge in [0.25, 0.3) is 0 Å². The first-order chi connectivity index (χ1) is 7.69. The van der Waals surface area contributed by atoms with Crippen LogP contribution < -0.4 is 5.73 Å². The molecule has 0 heterocycles. The molecule has 1 saturated carbocycles. The Balaban J connectivity index is 1.82. The van der Waals surface area contributed by atoms with E-state index in [2.05, 4.69) is 15.9 Å². The molecule has 0 unspecified atom stereocenters. The zero-order valence-electron chi connectivity index (χ0n) is 8.96. The van der Waals surface area contributed by atoms with E-state index >= 15 is 0 Å². The van der Waals surface area contributed by atoms with Crippen molar-refractivity contribution in [1.82, 2.24) is 0 Å². The van der Waals surface area contributed by atoms with Crippen LogP contribution in [0.5, 0.6) is 0 Å². The molecule has 1 aliphatic rings. The van der Waals surface area contributed by atoms with Crippen LogP contribution in [0, 0.1) is 11.7 Å². The Kier molecular flexibility index (Phi) is 3.95. The maximum absolute atomic E-state index is 13.4. The molecular weight excluding hydrogens is 273 g/mol. The van der Waals surface area contributed by atoms with Gasteiger partial charge >= 0.3 is 0 Å². The normalized spacial score (nSPS) is 24.2. The standard InChI is InChI=1S/C12H15BrFNO/c13-10-2-1-9(12(14)5-10)7-16-11-3-8(4-11)6-15/h1-2,5,8,11H,3-4,6-7,15H2. The molecule has 0 aromatic heterocycles. The quantitative estimate of drug-likeness (QED) is 0.924. The highest BCUT2D eigenvalue weighted by Gasteiger charge is 2.28. The number of hydrogen-bond donors (Lipinski definition) is 1. The topological polar surface area (TPSA) is 35.2 Å². The monoisotopic (exact) mass is 287 g/mol. The van der Waals surface area contributed by atoms with E-state index in [1.165, 1.54) is 6.07 Å². The van der Waals surface area contributed by atoms with E-state index in [-0.39, 0.29) is 11.9 Å². The lowest BCUT2D eigenvalue weighted by Gasteiger charge is -2.34. The average Bonchev–Trinajstić information content (AvgIpc) is 2.18. The van der Waals surface area contributed by atoms with Crippen LogP contribution >= 0.6 is 15.9 Å². The van der Waals surface area contributed by atoms with E-state index < -0.39 is 0 Å². The maximum atomic E-state index is 13.4. The lowest BCUT2D eigenvalue weighted by Crippen LogP contribution is -2.35. The van der Waals surface area contributed by atoms with Crippen LogP contribution in [0.25, 0.3) is 0 Å². The number of nitrogens with two attached hydrogens (primary N) is 1. The second-order valence-electron chi connectivity index (χ2n) is 4.24. The van der Waals surface area contributed by atoms with Crippen LogP contribution in [-0.2, 0) is 11.3 Å². The van der Waals surface area contributed by atoms with Gasteiger partial charge in [0.2, 0.25) is 0 Å². The summed E-state index contributed by atoms with van der Waals surface area (Å²) in [5.41, 5.74) is 6.13. The Bertz CT molecular complexity index is 366. The number of ether oxygens (including phenoxy) is 1. The molecule has 0 bridgehead atoms. The molecule has 4 heteroatoms. The molecule has 1 aliphatic carbocycles. The van der Waals surface area contributed by atoms with Crippen molar-refractivity contribution in [3.8, 4) is 0 Å². The first-order valence-electron chi connectivity index (χ1n) is 5.44. The number of benzene rings is 1. The summed E-state index contributed by atoms with van der Waals surface area (Å²) in [4.78, 5) is 0. The minimum absolute atomic E-state index is 0.218. The van der Waals surface area contributed by atoms with Gasteiger partial charge in [0, 0.05) is 10.0 Å². The van der Waals surface area contributed by atoms with Crippen molar-refractivity contribution >= 4 is 15.9 Å². The molecule has 88 valence electrons. The highest BCUT2D eigenvalue weighted by Crippen LogP contribution is 2.30. The molecule has 0 aliphatic heterocycles. The van der Waals surface area contributed by atoms with Crippen LogP contribution in [0.3, 0.4) is 0 Å². The molecule has 0 atom stereocenters. The number of halogens is 2. The van der Waals surface area contributed by atoms with Crippen molar-refractivity contribution < 1.29 is 9.13 Å². The highest BCUT2D eigenvalue weighted by molar-refractivity contribution is 9.10. The Morgan fingerprint density at radius 1 is 1.44 bits per heavy atom. The summed E-state index contributed by atoms with van der Waals surface area (Å²) in [7, 11) is 0. The molecular formula is C12H15BrFNO. The molecule has 2 nitrogen and oxygen atoms in total. The number of hydrogen-bond acceptors (Lipinski definition) is 2. The van der Waals surface area contributed by atoms with E-state index in [1.54, 1.807) is 6.07 Å². The van der Waals surface area contributed by atoms with Gasteiger partial charge in [-0.3, -0.25) is 0 Å². The van der Waals surface area contributed by atoms with Gasteiger partial charge in [-0.2, -0.15) is 0 Å². The molecule has 0 saturated heterocycles. The lowest BCUT2D eigenvalue weighted by molar-refractivity contribution is -0.0384. The molecule has 1 aromatic rings. The molecule has 0 spiro atoms. The molecule has 0 amide bonds. The van der Waals surface area contributed by atoms with Crippen molar-refractivity contribution in [1.29, 1.82) is 0 Å². The summed E-state index contributed by atoms with van der Waals surface area (Å²) in [6.07, 6.45) is 2.28. The van der Waals surface area contributed by atoms with Crippen LogP contribution in [0.4, 0.5) is 4.39 Å². The van der Waals surface area contributed by atoms with Crippen molar-refractivity contribution in [2.45, 2.75) is 25.6 Å². The summed E-state index contributed by atoms with van der Waals surface area (Å²) in [5.74, 6) is 0.379. The third-order valence-corrected chi connectivity index (χ3v) is 3.51. The first kappa shape index (κ1) is 12.0. The second kappa shape index (κ2) is 5.25. The zero-order chi connectivity index (χ0) is 11.5. The van der Waals surface area contributed by atoms with Crippen LogP contribution in [0.15, 0.2) is 22.7 Å². The third-order valence-electron chi connectivity index (χ3n) is 3.02. The van der Waals surface area contributed by atoms with Gasteiger partial charge in [0.15, 0.2) is 0 Å². The predicted molar refractivity (Wildman–Crippen MR) is 64.5 cm³/mol. The predicted octanol–water partition coefficient (Wildman–Crippen LogP) is 2.84. The maximum Gasteiger partial charge on any atom is 0.129 e. The van der Waals surface area contributed by atoms with Crippen molar-refractivity contribution in [2.24, 2.45) is 11.7 Å². The molecule has 1 fully saturated rings. The van der Waals surface area contributed by atoms with Gasteiger partial charge in [0.05, 0.1) is 12.7 Å². The summed E-state index contributed by atoms with van der Waals surface area (Å²) in [5, 5.41) is 0. The Morgan fingerprint density at radius 3 is 2.81 bits per heavy atom. The van der Waals surface area contributed by atoms with E-state index in [0.29, 0.717) is 18.1 Å². The fraction of sp³-hybridized carbons (Fsp3) is 0.500. The molecule has 2 N–H and O–H groups in total. The summed E-state index contributed by atoms with van der Waals surface area (Å²) in [6.45, 7) is 1.08. The smallest absolute Gasteiger partial charge is 0.129 e. The van der Waals surface area contributed by atoms with Crippen LogP contribution in [-0.4, -0.2) is 12.6 Å². The molecule has 16 heavy (non-hydrogen) atoms. The van der Waals surface area contributed by atoms with Crippen molar-refractivity contribution in [3.63, 3.8) is 0 Å². The van der Waals surface area contributed by atoms with Gasteiger partial charge < -0.3 is 10.5 Å². The Hall–Kier alpha value is -0.450.